The minimum atomic E-state index is -1.59. The number of carbonyl (C=O) groups excluding carboxylic acids is 5. The number of allylic oxidation sites excluding steroid dienone is 3. The van der Waals surface area contributed by atoms with Crippen LogP contribution in [0.3, 0.4) is 0 Å². The van der Waals surface area contributed by atoms with Crippen molar-refractivity contribution in [2.75, 3.05) is 34.5 Å². The van der Waals surface area contributed by atoms with Crippen molar-refractivity contribution >= 4 is 42.0 Å². The van der Waals surface area contributed by atoms with Crippen molar-refractivity contribution in [1.82, 2.24) is 15.7 Å². The van der Waals surface area contributed by atoms with Crippen molar-refractivity contribution in [3.8, 4) is 16.9 Å². The van der Waals surface area contributed by atoms with Crippen LogP contribution in [-0.2, 0) is 54.2 Å². The van der Waals surface area contributed by atoms with Crippen molar-refractivity contribution < 1.29 is 62.1 Å². The van der Waals surface area contributed by atoms with Crippen molar-refractivity contribution in [1.29, 1.82) is 0 Å². The van der Waals surface area contributed by atoms with Gasteiger partial charge in [-0.2, -0.15) is 5.48 Å². The molecule has 1 saturated heterocycles. The van der Waals surface area contributed by atoms with E-state index in [1.54, 1.807) is 46.1 Å². The first kappa shape index (κ1) is 51.2. The second-order valence-corrected chi connectivity index (χ2v) is 17.0. The molecular weight excluding hydrogens is 876 g/mol. The number of benzene rings is 3. The second kappa shape index (κ2) is 23.1. The first-order valence-electron chi connectivity index (χ1n) is 21.3. The van der Waals surface area contributed by atoms with Crippen LogP contribution in [0.2, 0.25) is 5.02 Å². The Bertz CT molecular complexity index is 2220. The molecule has 1 aliphatic carbocycles. The number of esters is 1. The molecule has 1 aliphatic heterocycles. The Kier molecular flexibility index (Phi) is 17.9. The largest absolute Gasteiger partial charge is 0.495 e. The van der Waals surface area contributed by atoms with Gasteiger partial charge in [0.2, 0.25) is 0 Å². The summed E-state index contributed by atoms with van der Waals surface area (Å²) in [7, 11) is 4.35. The van der Waals surface area contributed by atoms with E-state index in [1.807, 2.05) is 73.7 Å². The SMILES string of the molecule is COc1cc(C/C(C)=C/C=C/C(OC)C2(ON)CC(C(C)OC(C)(C)C(CC=O)OC(=O)C(C)N(C)C(=O)CONC(=O)OCC3c4ccccc4-c4ccccc43)OC(=O)N2)ccc1Cl. The van der Waals surface area contributed by atoms with Crippen LogP contribution in [0.5, 0.6) is 5.75 Å². The summed E-state index contributed by atoms with van der Waals surface area (Å²) in [5.74, 6) is 4.73. The molecule has 1 fully saturated rings. The molecule has 356 valence electrons. The molecule has 6 atom stereocenters. The third-order valence-electron chi connectivity index (χ3n) is 11.7. The topological polar surface area (TPSA) is 213 Å². The van der Waals surface area contributed by atoms with Crippen LogP contribution in [-0.4, -0.2) is 112 Å². The van der Waals surface area contributed by atoms with Gasteiger partial charge in [0, 0.05) is 32.9 Å². The monoisotopic (exact) mass is 934 g/mol. The number of likely N-dealkylation sites (N-methyl/N-ethyl adjacent to an activating group) is 1. The van der Waals surface area contributed by atoms with Crippen LogP contribution in [0.15, 0.2) is 90.5 Å². The number of hydrogen-bond donors (Lipinski definition) is 3. The van der Waals surface area contributed by atoms with Gasteiger partial charge >= 0.3 is 18.2 Å². The molecule has 3 aromatic carbocycles. The number of hydrogen-bond acceptors (Lipinski definition) is 14. The number of hydroxylamine groups is 1. The minimum Gasteiger partial charge on any atom is -0.495 e. The predicted molar refractivity (Wildman–Crippen MR) is 243 cm³/mol. The van der Waals surface area contributed by atoms with Crippen LogP contribution in [0.25, 0.3) is 11.1 Å². The van der Waals surface area contributed by atoms with Gasteiger partial charge in [0.15, 0.2) is 12.3 Å². The molecule has 2 aliphatic rings. The Hall–Kier alpha value is -5.82. The number of ether oxygens (including phenoxy) is 6. The fourth-order valence-corrected chi connectivity index (χ4v) is 8.15. The first-order valence-corrected chi connectivity index (χ1v) is 21.7. The quantitative estimate of drug-likeness (QED) is 0.0323. The molecule has 3 aromatic rings. The molecule has 66 heavy (non-hydrogen) atoms. The fourth-order valence-electron chi connectivity index (χ4n) is 7.96. The highest BCUT2D eigenvalue weighted by Gasteiger charge is 2.50. The number of methoxy groups -OCH3 is 2. The Morgan fingerprint density at radius 3 is 2.35 bits per heavy atom. The van der Waals surface area contributed by atoms with E-state index in [-0.39, 0.29) is 25.4 Å². The number of nitrogens with one attached hydrogen (secondary N) is 2. The van der Waals surface area contributed by atoms with Crippen LogP contribution >= 0.6 is 11.6 Å². The number of fused-ring (bicyclic) bond motifs is 3. The number of halogens is 1. The van der Waals surface area contributed by atoms with Gasteiger partial charge in [-0.3, -0.25) is 19.8 Å². The summed E-state index contributed by atoms with van der Waals surface area (Å²) in [6.07, 6.45) is 0.617. The van der Waals surface area contributed by atoms with Gasteiger partial charge in [-0.15, -0.1) is 0 Å². The lowest BCUT2D eigenvalue weighted by molar-refractivity contribution is -0.213. The molecular formula is C48H59ClN4O13. The minimum absolute atomic E-state index is 0.0388. The first-order chi connectivity index (χ1) is 31.5. The molecule has 5 rings (SSSR count). The van der Waals surface area contributed by atoms with E-state index < -0.39 is 72.5 Å². The lowest BCUT2D eigenvalue weighted by Crippen LogP contribution is -2.66. The number of aldehydes is 1. The molecule has 1 heterocycles. The lowest BCUT2D eigenvalue weighted by Gasteiger charge is -2.45. The second-order valence-electron chi connectivity index (χ2n) is 16.6. The van der Waals surface area contributed by atoms with Gasteiger partial charge in [-0.1, -0.05) is 90.0 Å². The lowest BCUT2D eigenvalue weighted by atomic mass is 9.93. The Morgan fingerprint density at radius 2 is 1.73 bits per heavy atom. The van der Waals surface area contributed by atoms with Gasteiger partial charge < -0.3 is 38.1 Å². The molecule has 0 aromatic heterocycles. The summed E-state index contributed by atoms with van der Waals surface area (Å²) < 4.78 is 34.3. The number of alkyl carbamates (subject to hydrolysis) is 1. The van der Waals surface area contributed by atoms with E-state index in [4.69, 9.17) is 55.6 Å². The molecule has 6 unspecified atom stereocenters. The van der Waals surface area contributed by atoms with E-state index in [1.165, 1.54) is 21.1 Å². The van der Waals surface area contributed by atoms with Crippen molar-refractivity contribution in [2.24, 2.45) is 5.90 Å². The molecule has 0 spiro atoms. The number of nitrogens with two attached hydrogens (primary N) is 1. The highest BCUT2D eigenvalue weighted by atomic mass is 35.5. The third-order valence-corrected chi connectivity index (χ3v) is 12.0. The van der Waals surface area contributed by atoms with Crippen LogP contribution in [0.4, 0.5) is 9.59 Å². The maximum Gasteiger partial charge on any atom is 0.431 e. The summed E-state index contributed by atoms with van der Waals surface area (Å²) in [4.78, 5) is 75.5. The molecule has 3 amide bonds. The molecule has 0 radical (unpaired) electrons. The van der Waals surface area contributed by atoms with Crippen molar-refractivity contribution in [3.05, 3.63) is 112 Å². The molecule has 0 bridgehead atoms. The summed E-state index contributed by atoms with van der Waals surface area (Å²) in [5, 5.41) is 3.16. The van der Waals surface area contributed by atoms with Gasteiger partial charge in [-0.05, 0) is 81.0 Å². The maximum absolute atomic E-state index is 13.4. The van der Waals surface area contributed by atoms with Gasteiger partial charge in [-0.25, -0.2) is 20.3 Å². The van der Waals surface area contributed by atoms with Gasteiger partial charge in [0.25, 0.3) is 5.91 Å². The average Bonchev–Trinajstić information content (AvgIpc) is 3.62. The number of cyclic esters (lactones) is 1. The smallest absolute Gasteiger partial charge is 0.431 e. The summed E-state index contributed by atoms with van der Waals surface area (Å²) in [5.41, 5.74) is 5.41. The van der Waals surface area contributed by atoms with Crippen LogP contribution in [0, 0.1) is 0 Å². The molecule has 4 N–H and O–H groups in total. The highest BCUT2D eigenvalue weighted by Crippen LogP contribution is 2.44. The Labute approximate surface area is 389 Å². The van der Waals surface area contributed by atoms with E-state index in [0.29, 0.717) is 23.5 Å². The Morgan fingerprint density at radius 1 is 1.06 bits per heavy atom. The number of amides is 3. The third kappa shape index (κ3) is 12.5. The van der Waals surface area contributed by atoms with Gasteiger partial charge in [0.05, 0.1) is 18.2 Å². The molecule has 17 nitrogen and oxygen atoms in total. The zero-order valence-corrected chi connectivity index (χ0v) is 39.1. The van der Waals surface area contributed by atoms with Gasteiger partial charge in [0.1, 0.15) is 48.6 Å². The van der Waals surface area contributed by atoms with Crippen LogP contribution in [0.1, 0.15) is 70.1 Å². The average molecular weight is 935 g/mol. The summed E-state index contributed by atoms with van der Waals surface area (Å²) >= 11 is 6.17. The standard InChI is InChI=1S/C48H59ClN4O13/c1-29(24-32-20-21-38(49)39(25-32)59-7)14-13-19-42(60-8)48(66-50)26-40(63-45(57)51-48)31(3)65-47(4,5)41(22-23-54)64-44(56)30(2)53(6)43(55)28-62-52-46(58)61-27-37-35-17-11-9-15-33(35)34-16-10-12-18-36(34)37/h9-21,23,25,30-31,37,40-42H,22,24,26-28,50H2,1-8H3,(H,51,57)(H,52,58)/b19-13+,29-14+. The maximum atomic E-state index is 13.4. The number of nitrogens with zero attached hydrogens (tertiary/aromatic N) is 1. The van der Waals surface area contributed by atoms with E-state index >= 15 is 0 Å². The predicted octanol–water partition coefficient (Wildman–Crippen LogP) is 6.50. The zero-order chi connectivity index (χ0) is 48.2. The zero-order valence-electron chi connectivity index (χ0n) is 38.4. The van der Waals surface area contributed by atoms with E-state index in [0.717, 1.165) is 38.3 Å². The van der Waals surface area contributed by atoms with Crippen molar-refractivity contribution in [3.63, 3.8) is 0 Å². The van der Waals surface area contributed by atoms with Crippen LogP contribution < -0.4 is 21.4 Å². The fraction of sp³-hybridized carbons (Fsp3) is 0.438. The van der Waals surface area contributed by atoms with E-state index in [2.05, 4.69) is 10.8 Å². The normalized spacial score (nSPS) is 19.0. The van der Waals surface area contributed by atoms with E-state index in [9.17, 15) is 24.0 Å². The summed E-state index contributed by atoms with van der Waals surface area (Å²) in [6, 6.07) is 20.2. The number of carbonyl (C=O) groups is 5. The molecule has 18 heteroatoms. The highest BCUT2D eigenvalue weighted by molar-refractivity contribution is 6.32. The summed E-state index contributed by atoms with van der Waals surface area (Å²) in [6.45, 7) is 7.67. The number of rotatable bonds is 22. The molecule has 0 saturated carbocycles. The Balaban J connectivity index is 1.13. The van der Waals surface area contributed by atoms with Crippen molar-refractivity contribution in [2.45, 2.75) is 102 Å².